The van der Waals surface area contributed by atoms with Crippen molar-refractivity contribution >= 4 is 17.5 Å². The number of halogens is 1. The standard InChI is InChI=1S/C16H20ClNO3/c17-13-3-4-14-11(8-13)7-12(9-21-14)15(20)18-16(10-19)5-1-2-6-16/h3-4,8,12,19H,1-2,5-7,9-10H2,(H,18,20). The molecule has 1 unspecified atom stereocenters. The van der Waals surface area contributed by atoms with Crippen molar-refractivity contribution in [1.82, 2.24) is 5.32 Å². The van der Waals surface area contributed by atoms with Gasteiger partial charge in [-0.05, 0) is 43.0 Å². The van der Waals surface area contributed by atoms with Gasteiger partial charge in [0.2, 0.25) is 5.91 Å². The van der Waals surface area contributed by atoms with Crippen LogP contribution in [0.5, 0.6) is 5.75 Å². The van der Waals surface area contributed by atoms with E-state index >= 15 is 0 Å². The maximum absolute atomic E-state index is 12.5. The first kappa shape index (κ1) is 14.7. The zero-order valence-electron chi connectivity index (χ0n) is 11.9. The minimum absolute atomic E-state index is 0.00866. The van der Waals surface area contributed by atoms with Crippen molar-refractivity contribution in [3.8, 4) is 5.75 Å². The predicted molar refractivity (Wildman–Crippen MR) is 80.6 cm³/mol. The highest BCUT2D eigenvalue weighted by Crippen LogP contribution is 2.32. The van der Waals surface area contributed by atoms with Gasteiger partial charge < -0.3 is 15.2 Å². The number of nitrogens with one attached hydrogen (secondary N) is 1. The molecule has 4 nitrogen and oxygen atoms in total. The topological polar surface area (TPSA) is 58.6 Å². The van der Waals surface area contributed by atoms with Gasteiger partial charge in [-0.25, -0.2) is 0 Å². The van der Waals surface area contributed by atoms with E-state index in [0.717, 1.165) is 37.0 Å². The Morgan fingerprint density at radius 2 is 2.19 bits per heavy atom. The Kier molecular flexibility index (Phi) is 4.09. The third kappa shape index (κ3) is 3.01. The molecule has 2 aliphatic rings. The van der Waals surface area contributed by atoms with Crippen LogP contribution >= 0.6 is 11.6 Å². The Bertz CT molecular complexity index is 540. The van der Waals surface area contributed by atoms with Crippen LogP contribution in [0.25, 0.3) is 0 Å². The summed E-state index contributed by atoms with van der Waals surface area (Å²) in [6, 6.07) is 5.49. The summed E-state index contributed by atoms with van der Waals surface area (Å²) in [5.41, 5.74) is 0.546. The lowest BCUT2D eigenvalue weighted by molar-refractivity contribution is -0.128. The van der Waals surface area contributed by atoms with E-state index in [1.807, 2.05) is 12.1 Å². The number of hydrogen-bond donors (Lipinski definition) is 2. The van der Waals surface area contributed by atoms with E-state index in [0.29, 0.717) is 18.1 Å². The summed E-state index contributed by atoms with van der Waals surface area (Å²) in [4.78, 5) is 12.5. The molecule has 1 heterocycles. The molecule has 114 valence electrons. The molecule has 0 bridgehead atoms. The number of benzene rings is 1. The molecular formula is C16H20ClNO3. The second-order valence-corrected chi connectivity index (χ2v) is 6.54. The third-order valence-corrected chi connectivity index (χ3v) is 4.79. The second kappa shape index (κ2) is 5.85. The van der Waals surface area contributed by atoms with Crippen molar-refractivity contribution in [2.45, 2.75) is 37.6 Å². The van der Waals surface area contributed by atoms with Gasteiger partial charge in [-0.2, -0.15) is 0 Å². The van der Waals surface area contributed by atoms with Crippen LogP contribution < -0.4 is 10.1 Å². The van der Waals surface area contributed by atoms with Gasteiger partial charge in [0, 0.05) is 5.02 Å². The quantitative estimate of drug-likeness (QED) is 0.901. The molecule has 1 aliphatic carbocycles. The maximum Gasteiger partial charge on any atom is 0.227 e. The van der Waals surface area contributed by atoms with Crippen molar-refractivity contribution in [3.05, 3.63) is 28.8 Å². The number of amides is 1. The Labute approximate surface area is 129 Å². The van der Waals surface area contributed by atoms with Crippen molar-refractivity contribution in [3.63, 3.8) is 0 Å². The maximum atomic E-state index is 12.5. The fourth-order valence-electron chi connectivity index (χ4n) is 3.27. The normalized spacial score (nSPS) is 23.2. The van der Waals surface area contributed by atoms with Crippen LogP contribution in [0.1, 0.15) is 31.2 Å². The van der Waals surface area contributed by atoms with Crippen LogP contribution in [0.4, 0.5) is 0 Å². The highest BCUT2D eigenvalue weighted by atomic mass is 35.5. The Morgan fingerprint density at radius 1 is 1.43 bits per heavy atom. The van der Waals surface area contributed by atoms with Crippen LogP contribution in [0.3, 0.4) is 0 Å². The van der Waals surface area contributed by atoms with Crippen LogP contribution in [0.2, 0.25) is 5.02 Å². The van der Waals surface area contributed by atoms with Crippen molar-refractivity contribution < 1.29 is 14.6 Å². The molecule has 0 spiro atoms. The van der Waals surface area contributed by atoms with E-state index in [-0.39, 0.29) is 18.4 Å². The Hall–Kier alpha value is -1.26. The zero-order valence-corrected chi connectivity index (χ0v) is 12.7. The van der Waals surface area contributed by atoms with Crippen LogP contribution in [0.15, 0.2) is 18.2 Å². The van der Waals surface area contributed by atoms with Crippen LogP contribution in [-0.2, 0) is 11.2 Å². The lowest BCUT2D eigenvalue weighted by atomic mass is 9.93. The molecule has 1 aromatic carbocycles. The van der Waals surface area contributed by atoms with Gasteiger partial charge in [-0.3, -0.25) is 4.79 Å². The molecule has 0 saturated heterocycles. The van der Waals surface area contributed by atoms with Gasteiger partial charge in [0.1, 0.15) is 12.4 Å². The van der Waals surface area contributed by atoms with Gasteiger partial charge in [0.15, 0.2) is 0 Å². The number of carbonyl (C=O) groups excluding carboxylic acids is 1. The number of rotatable bonds is 3. The molecule has 1 fully saturated rings. The van der Waals surface area contributed by atoms with E-state index in [2.05, 4.69) is 5.32 Å². The summed E-state index contributed by atoms with van der Waals surface area (Å²) in [5, 5.41) is 13.3. The molecule has 1 amide bonds. The van der Waals surface area contributed by atoms with Crippen LogP contribution in [0, 0.1) is 5.92 Å². The fraction of sp³-hybridized carbons (Fsp3) is 0.562. The summed E-state index contributed by atoms with van der Waals surface area (Å²) < 4.78 is 5.66. The minimum Gasteiger partial charge on any atom is -0.492 e. The summed E-state index contributed by atoms with van der Waals surface area (Å²) in [6.45, 7) is 0.386. The third-order valence-electron chi connectivity index (χ3n) is 4.55. The largest absolute Gasteiger partial charge is 0.492 e. The van der Waals surface area contributed by atoms with Gasteiger partial charge in [-0.1, -0.05) is 24.4 Å². The Balaban J connectivity index is 1.69. The zero-order chi connectivity index (χ0) is 14.9. The molecule has 1 aliphatic heterocycles. The average Bonchev–Trinajstić information content (AvgIpc) is 2.95. The molecule has 1 aromatic rings. The molecule has 1 saturated carbocycles. The van der Waals surface area contributed by atoms with Gasteiger partial charge in [0.05, 0.1) is 18.1 Å². The lowest BCUT2D eigenvalue weighted by Crippen LogP contribution is -2.52. The molecular weight excluding hydrogens is 290 g/mol. The number of aliphatic hydroxyl groups excluding tert-OH is 1. The van der Waals surface area contributed by atoms with Crippen LogP contribution in [-0.4, -0.2) is 29.8 Å². The number of ether oxygens (including phenoxy) is 1. The monoisotopic (exact) mass is 309 g/mol. The molecule has 0 radical (unpaired) electrons. The van der Waals surface area contributed by atoms with E-state index in [1.54, 1.807) is 6.07 Å². The summed E-state index contributed by atoms with van der Waals surface area (Å²) in [7, 11) is 0. The highest BCUT2D eigenvalue weighted by molar-refractivity contribution is 6.30. The second-order valence-electron chi connectivity index (χ2n) is 6.10. The Morgan fingerprint density at radius 3 is 2.90 bits per heavy atom. The molecule has 3 rings (SSSR count). The van der Waals surface area contributed by atoms with Gasteiger partial charge in [0.25, 0.3) is 0 Å². The highest BCUT2D eigenvalue weighted by Gasteiger charge is 2.37. The molecule has 2 N–H and O–H groups in total. The van der Waals surface area contributed by atoms with E-state index in [9.17, 15) is 9.90 Å². The summed E-state index contributed by atoms with van der Waals surface area (Å²) >= 11 is 6.00. The number of carbonyl (C=O) groups is 1. The molecule has 5 heteroatoms. The molecule has 1 atom stereocenters. The van der Waals surface area contributed by atoms with Crippen molar-refractivity contribution in [1.29, 1.82) is 0 Å². The van der Waals surface area contributed by atoms with Crippen molar-refractivity contribution in [2.24, 2.45) is 5.92 Å². The first-order chi connectivity index (χ1) is 10.1. The molecule has 21 heavy (non-hydrogen) atoms. The van der Waals surface area contributed by atoms with Crippen molar-refractivity contribution in [2.75, 3.05) is 13.2 Å². The summed E-state index contributed by atoms with van der Waals surface area (Å²) in [6.07, 6.45) is 4.45. The number of fused-ring (bicyclic) bond motifs is 1. The van der Waals surface area contributed by atoms with E-state index < -0.39 is 5.54 Å². The van der Waals surface area contributed by atoms with Gasteiger partial charge in [-0.15, -0.1) is 0 Å². The predicted octanol–water partition coefficient (Wildman–Crippen LogP) is 2.31. The first-order valence-corrected chi connectivity index (χ1v) is 7.84. The minimum atomic E-state index is -0.425. The molecule has 0 aromatic heterocycles. The lowest BCUT2D eigenvalue weighted by Gasteiger charge is -2.32. The first-order valence-electron chi connectivity index (χ1n) is 7.46. The van der Waals surface area contributed by atoms with E-state index in [1.165, 1.54) is 0 Å². The number of hydrogen-bond acceptors (Lipinski definition) is 3. The van der Waals surface area contributed by atoms with E-state index in [4.69, 9.17) is 16.3 Å². The average molecular weight is 310 g/mol. The van der Waals surface area contributed by atoms with Gasteiger partial charge >= 0.3 is 0 Å². The summed E-state index contributed by atoms with van der Waals surface area (Å²) in [5.74, 6) is 0.553. The number of aliphatic hydroxyl groups is 1. The SMILES string of the molecule is O=C(NC1(CO)CCCC1)C1COc2ccc(Cl)cc2C1. The smallest absolute Gasteiger partial charge is 0.227 e. The fourth-order valence-corrected chi connectivity index (χ4v) is 3.46.